The molecule has 0 amide bonds. The molecule has 17 heteroatoms. The van der Waals surface area contributed by atoms with Gasteiger partial charge < -0.3 is 14.6 Å². The third kappa shape index (κ3) is 3.36. The molecule has 4 atom stereocenters. The first-order valence-electron chi connectivity index (χ1n) is 7.54. The van der Waals surface area contributed by atoms with Crippen molar-refractivity contribution in [2.24, 2.45) is 5.92 Å². The maximum atomic E-state index is 14.4. The van der Waals surface area contributed by atoms with Gasteiger partial charge in [-0.25, -0.2) is 0 Å². The number of hydrogen-bond acceptors (Lipinski definition) is 4. The molecule has 1 fully saturated rings. The molecule has 0 radical (unpaired) electrons. The summed E-state index contributed by atoms with van der Waals surface area (Å²) in [4.78, 5) is 11.6. The molecular formula is C13H11F13O4. The van der Waals surface area contributed by atoms with Crippen molar-refractivity contribution in [2.75, 3.05) is 0 Å². The number of esters is 1. The predicted molar refractivity (Wildman–Crippen MR) is 66.2 cm³/mol. The minimum absolute atomic E-state index is 0.591. The van der Waals surface area contributed by atoms with Crippen LogP contribution in [0.5, 0.6) is 0 Å². The molecule has 1 aliphatic rings. The zero-order valence-electron chi connectivity index (χ0n) is 14.4. The van der Waals surface area contributed by atoms with Crippen LogP contribution in [-0.4, -0.2) is 58.9 Å². The maximum absolute atomic E-state index is 14.4. The van der Waals surface area contributed by atoms with Crippen LogP contribution in [0.15, 0.2) is 0 Å². The number of carbonyl (C=O) groups excluding carboxylic acids is 1. The highest BCUT2D eigenvalue weighted by atomic mass is 19.4. The summed E-state index contributed by atoms with van der Waals surface area (Å²) in [7, 11) is 0. The van der Waals surface area contributed by atoms with Crippen LogP contribution in [0.4, 0.5) is 57.1 Å². The summed E-state index contributed by atoms with van der Waals surface area (Å²) < 4.78 is 181. The van der Waals surface area contributed by atoms with E-state index in [1.165, 1.54) is 0 Å². The Morgan fingerprint density at radius 3 is 1.73 bits per heavy atom. The lowest BCUT2D eigenvalue weighted by atomic mass is 9.76. The fourth-order valence-corrected chi connectivity index (χ4v) is 2.44. The number of rotatable bonds is 3. The average molecular weight is 478 g/mol. The van der Waals surface area contributed by atoms with Gasteiger partial charge in [0.1, 0.15) is 0 Å². The maximum Gasteiger partial charge on any atom is 0.449 e. The summed E-state index contributed by atoms with van der Waals surface area (Å²) in [6.07, 6.45) is -27.7. The van der Waals surface area contributed by atoms with E-state index >= 15 is 0 Å². The molecule has 0 aromatic carbocycles. The van der Waals surface area contributed by atoms with Crippen LogP contribution in [0.1, 0.15) is 20.3 Å². The number of halogens is 13. The molecule has 1 saturated heterocycles. The van der Waals surface area contributed by atoms with E-state index in [0.717, 1.165) is 6.92 Å². The van der Waals surface area contributed by atoms with Crippen molar-refractivity contribution in [1.29, 1.82) is 0 Å². The molecule has 1 N–H and O–H groups in total. The Morgan fingerprint density at radius 1 is 1.00 bits per heavy atom. The monoisotopic (exact) mass is 478 g/mol. The summed E-state index contributed by atoms with van der Waals surface area (Å²) in [5, 5.41) is 9.09. The predicted octanol–water partition coefficient (Wildman–Crippen LogP) is 4.36. The average Bonchev–Trinajstić information content (AvgIpc) is 2.50. The van der Waals surface area contributed by atoms with E-state index in [1.807, 2.05) is 0 Å². The fraction of sp³-hybridized carbons (Fsp3) is 0.923. The second-order valence-electron chi connectivity index (χ2n) is 6.29. The summed E-state index contributed by atoms with van der Waals surface area (Å²) in [5.41, 5.74) is -7.10. The molecule has 0 aromatic rings. The molecule has 4 unspecified atom stereocenters. The standard InChI is InChI=1S/C13H11F13O4/c1-3-4(2)5(27)29-9(12(21,22)23)7(14,15)6(8(16,17)18)30-11(28,10(9,19)20)13(24,25)26/h4,6,28H,3H2,1-2H3. The van der Waals surface area contributed by atoms with Crippen LogP contribution in [0.3, 0.4) is 0 Å². The Bertz CT molecular complexity index is 667. The van der Waals surface area contributed by atoms with Gasteiger partial charge >= 0.3 is 47.7 Å². The molecular weight excluding hydrogens is 467 g/mol. The molecule has 30 heavy (non-hydrogen) atoms. The number of carbonyl (C=O) groups is 1. The zero-order valence-corrected chi connectivity index (χ0v) is 14.4. The van der Waals surface area contributed by atoms with Crippen LogP contribution in [0, 0.1) is 5.92 Å². The molecule has 1 heterocycles. The first-order chi connectivity index (χ1) is 13.0. The highest BCUT2D eigenvalue weighted by Crippen LogP contribution is 2.66. The van der Waals surface area contributed by atoms with Crippen molar-refractivity contribution < 1.29 is 76.5 Å². The molecule has 178 valence electrons. The molecule has 1 rings (SSSR count). The molecule has 0 aromatic heterocycles. The van der Waals surface area contributed by atoms with Crippen LogP contribution >= 0.6 is 0 Å². The lowest BCUT2D eigenvalue weighted by molar-refractivity contribution is -0.556. The van der Waals surface area contributed by atoms with Crippen LogP contribution in [0.25, 0.3) is 0 Å². The van der Waals surface area contributed by atoms with Gasteiger partial charge in [0.25, 0.3) is 0 Å². The summed E-state index contributed by atoms with van der Waals surface area (Å²) in [6.45, 7) is 1.59. The van der Waals surface area contributed by atoms with Gasteiger partial charge in [-0.15, -0.1) is 0 Å². The summed E-state index contributed by atoms with van der Waals surface area (Å²) in [5.74, 6) is -25.8. The topological polar surface area (TPSA) is 55.8 Å². The van der Waals surface area contributed by atoms with Crippen molar-refractivity contribution in [1.82, 2.24) is 0 Å². The largest absolute Gasteiger partial charge is 0.449 e. The van der Waals surface area contributed by atoms with Crippen LogP contribution < -0.4 is 0 Å². The van der Waals surface area contributed by atoms with E-state index < -0.39 is 66.2 Å². The van der Waals surface area contributed by atoms with Crippen molar-refractivity contribution >= 4 is 5.97 Å². The van der Waals surface area contributed by atoms with Crippen molar-refractivity contribution in [3.63, 3.8) is 0 Å². The third-order valence-electron chi connectivity index (χ3n) is 4.30. The van der Waals surface area contributed by atoms with Gasteiger partial charge in [-0.1, -0.05) is 13.8 Å². The van der Waals surface area contributed by atoms with Gasteiger partial charge in [-0.05, 0) is 6.42 Å². The second kappa shape index (κ2) is 7.00. The Labute approximate surface area is 157 Å². The van der Waals surface area contributed by atoms with E-state index in [9.17, 15) is 61.9 Å². The van der Waals surface area contributed by atoms with Crippen molar-refractivity contribution in [2.45, 2.75) is 68.1 Å². The van der Waals surface area contributed by atoms with E-state index in [-0.39, 0.29) is 0 Å². The van der Waals surface area contributed by atoms with Crippen LogP contribution in [0.2, 0.25) is 0 Å². The smallest absolute Gasteiger partial charge is 0.436 e. The van der Waals surface area contributed by atoms with Gasteiger partial charge in [-0.3, -0.25) is 4.79 Å². The van der Waals surface area contributed by atoms with Crippen molar-refractivity contribution in [3.05, 3.63) is 0 Å². The quantitative estimate of drug-likeness (QED) is 0.484. The van der Waals surface area contributed by atoms with Crippen molar-refractivity contribution in [3.8, 4) is 0 Å². The first kappa shape index (κ1) is 26.5. The first-order valence-corrected chi connectivity index (χ1v) is 7.54. The molecule has 0 spiro atoms. The lowest BCUT2D eigenvalue weighted by Gasteiger charge is -2.55. The van der Waals surface area contributed by atoms with E-state index in [4.69, 9.17) is 5.11 Å². The van der Waals surface area contributed by atoms with E-state index in [2.05, 4.69) is 9.47 Å². The lowest BCUT2D eigenvalue weighted by Crippen LogP contribution is -2.87. The van der Waals surface area contributed by atoms with Gasteiger partial charge in [0.15, 0.2) is 0 Å². The number of ether oxygens (including phenoxy) is 2. The number of hydrogen-bond donors (Lipinski definition) is 1. The zero-order chi connectivity index (χ0) is 24.4. The molecule has 0 bridgehead atoms. The Morgan fingerprint density at radius 2 is 1.43 bits per heavy atom. The van der Waals surface area contributed by atoms with Crippen LogP contribution in [-0.2, 0) is 14.3 Å². The van der Waals surface area contributed by atoms with Gasteiger partial charge in [0.2, 0.25) is 6.10 Å². The van der Waals surface area contributed by atoms with E-state index in [0.29, 0.717) is 6.92 Å². The third-order valence-corrected chi connectivity index (χ3v) is 4.30. The van der Waals surface area contributed by atoms with Gasteiger partial charge in [0.05, 0.1) is 5.92 Å². The second-order valence-corrected chi connectivity index (χ2v) is 6.29. The minimum Gasteiger partial charge on any atom is -0.436 e. The fourth-order valence-electron chi connectivity index (χ4n) is 2.44. The highest BCUT2D eigenvalue weighted by molar-refractivity contribution is 5.73. The Balaban J connectivity index is 4.10. The Kier molecular flexibility index (Phi) is 6.18. The Hall–Kier alpha value is -1.52. The number of aliphatic hydroxyl groups is 1. The molecule has 0 saturated carbocycles. The SMILES string of the molecule is CCC(C)C(=O)OC1(C(F)(F)F)C(F)(F)C(C(F)(F)F)OC(O)(C(F)(F)F)C1(F)F. The highest BCUT2D eigenvalue weighted by Gasteiger charge is 2.99. The minimum atomic E-state index is -7.46. The normalized spacial score (nSPS) is 33.1. The van der Waals surface area contributed by atoms with Gasteiger partial charge in [-0.2, -0.15) is 57.1 Å². The molecule has 0 aliphatic carbocycles. The van der Waals surface area contributed by atoms with Gasteiger partial charge in [0, 0.05) is 0 Å². The molecule has 4 nitrogen and oxygen atoms in total. The summed E-state index contributed by atoms with van der Waals surface area (Å²) in [6, 6.07) is 0. The molecule has 1 aliphatic heterocycles. The van der Waals surface area contributed by atoms with E-state index in [1.54, 1.807) is 0 Å². The number of alkyl halides is 13. The summed E-state index contributed by atoms with van der Waals surface area (Å²) >= 11 is 0.